The van der Waals surface area contributed by atoms with Crippen LogP contribution < -0.4 is 5.73 Å². The lowest BCUT2D eigenvalue weighted by Gasteiger charge is -2.02. The molecule has 0 radical (unpaired) electrons. The van der Waals surface area contributed by atoms with Gasteiger partial charge in [-0.15, -0.1) is 0 Å². The van der Waals surface area contributed by atoms with Crippen LogP contribution in [0.3, 0.4) is 0 Å². The highest BCUT2D eigenvalue weighted by atomic mass is 16.3. The fourth-order valence-electron chi connectivity index (χ4n) is 1.64. The van der Waals surface area contributed by atoms with Crippen molar-refractivity contribution in [3.63, 3.8) is 0 Å². The predicted molar refractivity (Wildman–Crippen MR) is 57.8 cm³/mol. The Balaban J connectivity index is 2.79. The number of rotatable bonds is 1. The van der Waals surface area contributed by atoms with Crippen molar-refractivity contribution in [1.82, 2.24) is 4.57 Å². The summed E-state index contributed by atoms with van der Waals surface area (Å²) in [5.41, 5.74) is 8.08. The predicted octanol–water partition coefficient (Wildman–Crippen LogP) is 1.81. The van der Waals surface area contributed by atoms with Crippen molar-refractivity contribution in [3.8, 4) is 5.75 Å². The van der Waals surface area contributed by atoms with E-state index in [-0.39, 0.29) is 5.75 Å². The second-order valence-electron chi connectivity index (χ2n) is 3.36. The third-order valence-electron chi connectivity index (χ3n) is 2.36. The first-order valence-electron chi connectivity index (χ1n) is 4.33. The number of phenols is 1. The van der Waals surface area contributed by atoms with Crippen molar-refractivity contribution in [2.24, 2.45) is 12.8 Å². The Morgan fingerprint density at radius 3 is 2.79 bits per heavy atom. The van der Waals surface area contributed by atoms with E-state index in [1.807, 2.05) is 23.7 Å². The van der Waals surface area contributed by atoms with Gasteiger partial charge in [0.05, 0.1) is 5.69 Å². The van der Waals surface area contributed by atoms with Crippen LogP contribution in [0.2, 0.25) is 0 Å². The summed E-state index contributed by atoms with van der Waals surface area (Å²) in [6.07, 6.45) is 0. The van der Waals surface area contributed by atoms with E-state index < -0.39 is 0 Å². The van der Waals surface area contributed by atoms with Crippen LogP contribution in [0.15, 0.2) is 30.8 Å². The molecule has 0 saturated carbocycles. The molecule has 1 aromatic carbocycles. The van der Waals surface area contributed by atoms with Gasteiger partial charge in [-0.25, -0.2) is 0 Å². The normalized spacial score (nSPS) is 10.6. The van der Waals surface area contributed by atoms with Crippen LogP contribution in [0.5, 0.6) is 5.75 Å². The molecule has 72 valence electrons. The molecular weight excluding hydrogens is 176 g/mol. The quantitative estimate of drug-likeness (QED) is 0.717. The van der Waals surface area contributed by atoms with Gasteiger partial charge in [0, 0.05) is 23.6 Å². The molecule has 0 spiro atoms. The first-order valence-corrected chi connectivity index (χ1v) is 4.33. The maximum absolute atomic E-state index is 9.31. The number of hydrogen-bond donors (Lipinski definition) is 2. The van der Waals surface area contributed by atoms with Gasteiger partial charge in [0.1, 0.15) is 5.75 Å². The second-order valence-corrected chi connectivity index (χ2v) is 3.36. The molecule has 0 aliphatic carbocycles. The lowest BCUT2D eigenvalue weighted by atomic mass is 10.2. The molecular formula is C11H12N2O. The molecule has 0 aliphatic rings. The van der Waals surface area contributed by atoms with E-state index in [2.05, 4.69) is 6.58 Å². The lowest BCUT2D eigenvalue weighted by Crippen LogP contribution is -2.00. The van der Waals surface area contributed by atoms with Crippen LogP contribution in [0, 0.1) is 0 Å². The summed E-state index contributed by atoms with van der Waals surface area (Å²) < 4.78 is 1.96. The van der Waals surface area contributed by atoms with Gasteiger partial charge in [0.2, 0.25) is 0 Å². The summed E-state index contributed by atoms with van der Waals surface area (Å²) in [7, 11) is 1.92. The molecule has 0 bridgehead atoms. The number of nitrogens with zero attached hydrogens (tertiary/aromatic N) is 1. The van der Waals surface area contributed by atoms with Crippen molar-refractivity contribution in [3.05, 3.63) is 36.5 Å². The molecule has 1 aromatic heterocycles. The SMILES string of the molecule is C=C(N)c1cc2cc(O)ccc2n1C. The van der Waals surface area contributed by atoms with E-state index in [1.165, 1.54) is 0 Å². The maximum Gasteiger partial charge on any atom is 0.116 e. The molecule has 0 fully saturated rings. The van der Waals surface area contributed by atoms with E-state index in [1.54, 1.807) is 12.1 Å². The zero-order valence-electron chi connectivity index (χ0n) is 7.99. The standard InChI is InChI=1S/C11H12N2O/c1-7(12)11-6-8-5-9(14)3-4-10(8)13(11)2/h3-6,14H,1,12H2,2H3. The van der Waals surface area contributed by atoms with Gasteiger partial charge in [-0.2, -0.15) is 0 Å². The van der Waals surface area contributed by atoms with Gasteiger partial charge in [-0.3, -0.25) is 0 Å². The molecule has 0 aliphatic heterocycles. The highest BCUT2D eigenvalue weighted by molar-refractivity contribution is 5.86. The Kier molecular flexibility index (Phi) is 1.74. The first-order chi connectivity index (χ1) is 6.59. The summed E-state index contributed by atoms with van der Waals surface area (Å²) in [6, 6.07) is 7.14. The molecule has 0 unspecified atom stereocenters. The van der Waals surface area contributed by atoms with E-state index in [9.17, 15) is 5.11 Å². The maximum atomic E-state index is 9.31. The van der Waals surface area contributed by atoms with Crippen molar-refractivity contribution in [2.75, 3.05) is 0 Å². The van der Waals surface area contributed by atoms with Crippen molar-refractivity contribution >= 4 is 16.6 Å². The number of phenolic OH excluding ortho intramolecular Hbond substituents is 1. The Hall–Kier alpha value is -1.90. The molecule has 0 saturated heterocycles. The Morgan fingerprint density at radius 1 is 1.43 bits per heavy atom. The molecule has 2 aromatic rings. The number of fused-ring (bicyclic) bond motifs is 1. The molecule has 2 rings (SSSR count). The Labute approximate surface area is 82.1 Å². The fourth-order valence-corrected chi connectivity index (χ4v) is 1.64. The van der Waals surface area contributed by atoms with Gasteiger partial charge in [0.25, 0.3) is 0 Å². The minimum atomic E-state index is 0.261. The average molecular weight is 188 g/mol. The Bertz CT molecular complexity index is 511. The molecule has 3 nitrogen and oxygen atoms in total. The molecule has 0 amide bonds. The average Bonchev–Trinajstić information content (AvgIpc) is 2.43. The molecule has 0 atom stereocenters. The molecule has 3 N–H and O–H groups in total. The molecule has 14 heavy (non-hydrogen) atoms. The summed E-state index contributed by atoms with van der Waals surface area (Å²) in [4.78, 5) is 0. The number of aromatic nitrogens is 1. The van der Waals surface area contributed by atoms with Gasteiger partial charge in [-0.05, 0) is 24.3 Å². The third kappa shape index (κ3) is 1.14. The monoisotopic (exact) mass is 188 g/mol. The largest absolute Gasteiger partial charge is 0.508 e. The van der Waals surface area contributed by atoms with Gasteiger partial charge in [-0.1, -0.05) is 6.58 Å². The van der Waals surface area contributed by atoms with Crippen molar-refractivity contribution in [2.45, 2.75) is 0 Å². The first kappa shape index (κ1) is 8.69. The van der Waals surface area contributed by atoms with Gasteiger partial charge in [0.15, 0.2) is 0 Å². The van der Waals surface area contributed by atoms with Crippen LogP contribution in [-0.4, -0.2) is 9.67 Å². The van der Waals surface area contributed by atoms with Crippen molar-refractivity contribution in [1.29, 1.82) is 0 Å². The third-order valence-corrected chi connectivity index (χ3v) is 2.36. The smallest absolute Gasteiger partial charge is 0.116 e. The van der Waals surface area contributed by atoms with Crippen LogP contribution in [-0.2, 0) is 7.05 Å². The van der Waals surface area contributed by atoms with E-state index >= 15 is 0 Å². The topological polar surface area (TPSA) is 51.2 Å². The van der Waals surface area contributed by atoms with Gasteiger partial charge >= 0.3 is 0 Å². The van der Waals surface area contributed by atoms with E-state index in [4.69, 9.17) is 5.73 Å². The summed E-state index contributed by atoms with van der Waals surface area (Å²) in [6.45, 7) is 3.70. The highest BCUT2D eigenvalue weighted by Crippen LogP contribution is 2.24. The minimum Gasteiger partial charge on any atom is -0.508 e. The summed E-state index contributed by atoms with van der Waals surface area (Å²) in [5.74, 6) is 0.261. The lowest BCUT2D eigenvalue weighted by molar-refractivity contribution is 0.476. The van der Waals surface area contributed by atoms with Crippen molar-refractivity contribution < 1.29 is 5.11 Å². The highest BCUT2D eigenvalue weighted by Gasteiger charge is 2.06. The number of aryl methyl sites for hydroxylation is 1. The molecule has 3 heteroatoms. The zero-order valence-corrected chi connectivity index (χ0v) is 7.99. The minimum absolute atomic E-state index is 0.261. The summed E-state index contributed by atoms with van der Waals surface area (Å²) >= 11 is 0. The van der Waals surface area contributed by atoms with Crippen LogP contribution >= 0.6 is 0 Å². The number of nitrogens with two attached hydrogens (primary N) is 1. The number of hydrogen-bond acceptors (Lipinski definition) is 2. The van der Waals surface area contributed by atoms with Gasteiger partial charge < -0.3 is 15.4 Å². The summed E-state index contributed by atoms with van der Waals surface area (Å²) in [5, 5.41) is 10.3. The van der Waals surface area contributed by atoms with Crippen LogP contribution in [0.4, 0.5) is 0 Å². The number of aromatic hydroxyl groups is 1. The number of benzene rings is 1. The zero-order chi connectivity index (χ0) is 10.3. The van der Waals surface area contributed by atoms with E-state index in [0.29, 0.717) is 5.70 Å². The Morgan fingerprint density at radius 2 is 2.14 bits per heavy atom. The molecule has 1 heterocycles. The van der Waals surface area contributed by atoms with Crippen LogP contribution in [0.25, 0.3) is 16.6 Å². The van der Waals surface area contributed by atoms with E-state index in [0.717, 1.165) is 16.6 Å². The second kappa shape index (κ2) is 2.80. The fraction of sp³-hybridized carbons (Fsp3) is 0.0909. The van der Waals surface area contributed by atoms with Crippen LogP contribution in [0.1, 0.15) is 5.69 Å².